The number of halogens is 1. The van der Waals surface area contributed by atoms with E-state index < -0.39 is 81.2 Å². The van der Waals surface area contributed by atoms with Crippen molar-refractivity contribution in [1.29, 1.82) is 0 Å². The molecule has 250 valence electrons. The van der Waals surface area contributed by atoms with Gasteiger partial charge in [-0.1, -0.05) is 12.2 Å². The zero-order valence-electron chi connectivity index (χ0n) is 23.4. The van der Waals surface area contributed by atoms with Crippen LogP contribution >= 0.6 is 25.5 Å². The Bertz CT molecular complexity index is 1930. The molecule has 2 aliphatic heterocycles. The molecular weight excluding hydrogens is 697 g/mol. The van der Waals surface area contributed by atoms with Gasteiger partial charge in [0.2, 0.25) is 5.95 Å². The van der Waals surface area contributed by atoms with Crippen molar-refractivity contribution < 1.29 is 47.1 Å². The SMILES string of the molecule is CP(=O)(S)O[C@@H]1C(F)[C@H](n2cnc3c(N)ncnc32)O[C@@H]1COP(O)(=S)OC1[C@@H](O)[C@@H](CO)O[C@H]1n1cnc2c(=O)[nH]c(N)nc21. The van der Waals surface area contributed by atoms with Gasteiger partial charge in [-0.25, -0.2) is 24.3 Å². The molecule has 2 aliphatic rings. The molecule has 0 saturated carbocycles. The topological polar surface area (TPSA) is 283 Å². The van der Waals surface area contributed by atoms with Crippen LogP contribution in [0.15, 0.2) is 23.8 Å². The number of rotatable bonds is 10. The Morgan fingerprint density at radius 3 is 2.46 bits per heavy atom. The summed E-state index contributed by atoms with van der Waals surface area (Å²) in [6.45, 7) is -8.10. The first kappa shape index (κ1) is 33.2. The van der Waals surface area contributed by atoms with Gasteiger partial charge in [-0.2, -0.15) is 4.98 Å². The molecule has 6 heterocycles. The Hall–Kier alpha value is -2.66. The summed E-state index contributed by atoms with van der Waals surface area (Å²) in [6.07, 6.45) is -8.34. The summed E-state index contributed by atoms with van der Waals surface area (Å²) in [5, 5.41) is 20.6. The highest BCUT2D eigenvalue weighted by Gasteiger charge is 2.51. The standard InChI is InChI=1S/C21H27FN10O10P2S2/c1-43(36,45)41-13-8(40-19(9(13)22)31-5-27-10-15(23)25-4-26-16(10)31)3-38-44(37,46)42-14-12(34)7(2-33)39-20(14)32-6-28-11-17(32)29-21(24)30-18(11)35/h4-9,12-14,19-20,33-34H,2-3H2,1H3,(H,36,45)(H,37,46)(H2,23,25,26)(H3,24,29,30,35)/t7-,8-,9?,12+,13+,14?,19-,20-,43?,44?/m1/s1. The van der Waals surface area contributed by atoms with E-state index in [2.05, 4.69) is 42.2 Å². The summed E-state index contributed by atoms with van der Waals surface area (Å²) >= 11 is 9.12. The van der Waals surface area contributed by atoms with Crippen LogP contribution in [0.1, 0.15) is 12.5 Å². The number of fused-ring (bicyclic) bond motifs is 2. The highest BCUT2D eigenvalue weighted by molar-refractivity contribution is 8.46. The number of alkyl halides is 1. The zero-order valence-corrected chi connectivity index (χ0v) is 26.9. The van der Waals surface area contributed by atoms with E-state index in [1.165, 1.54) is 15.5 Å². The Balaban J connectivity index is 1.24. The van der Waals surface area contributed by atoms with Gasteiger partial charge in [-0.05, 0) is 11.8 Å². The van der Waals surface area contributed by atoms with Crippen molar-refractivity contribution >= 4 is 71.4 Å². The van der Waals surface area contributed by atoms with Gasteiger partial charge in [0, 0.05) is 6.66 Å². The largest absolute Gasteiger partial charge is 0.394 e. The van der Waals surface area contributed by atoms with Gasteiger partial charge < -0.3 is 45.1 Å². The first-order valence-corrected chi connectivity index (χ1v) is 19.0. The minimum atomic E-state index is -4.35. The van der Waals surface area contributed by atoms with Crippen LogP contribution in [-0.4, -0.2) is 111 Å². The number of thiol groups is 1. The third-order valence-corrected chi connectivity index (χ3v) is 9.60. The number of hydrogen-bond donors (Lipinski definition) is 7. The molecule has 8 N–H and O–H groups in total. The summed E-state index contributed by atoms with van der Waals surface area (Å²) < 4.78 is 59.0. The number of anilines is 2. The predicted octanol–water partition coefficient (Wildman–Crippen LogP) is -0.634. The van der Waals surface area contributed by atoms with Crippen LogP contribution in [0.2, 0.25) is 0 Å². The molecule has 2 saturated heterocycles. The third kappa shape index (κ3) is 6.30. The molecule has 4 aromatic rings. The molecule has 10 atom stereocenters. The number of aliphatic hydroxyl groups is 2. The number of ether oxygens (including phenoxy) is 2. The van der Waals surface area contributed by atoms with Gasteiger partial charge >= 0.3 is 6.72 Å². The van der Waals surface area contributed by atoms with Crippen LogP contribution in [0.4, 0.5) is 16.2 Å². The molecule has 2 fully saturated rings. The number of nitrogen functional groups attached to an aromatic ring is 2. The van der Waals surface area contributed by atoms with E-state index in [-0.39, 0.29) is 34.1 Å². The van der Waals surface area contributed by atoms with Crippen molar-refractivity contribution in [2.24, 2.45) is 0 Å². The Morgan fingerprint density at radius 2 is 1.76 bits per heavy atom. The summed E-state index contributed by atoms with van der Waals surface area (Å²) in [5.74, 6) is -0.189. The summed E-state index contributed by atoms with van der Waals surface area (Å²) in [6, 6.07) is 0. The van der Waals surface area contributed by atoms with Gasteiger partial charge in [0.05, 0.1) is 25.9 Å². The zero-order chi connectivity index (χ0) is 33.1. The van der Waals surface area contributed by atoms with E-state index in [1.807, 2.05) is 0 Å². The van der Waals surface area contributed by atoms with E-state index in [0.717, 1.165) is 19.3 Å². The first-order chi connectivity index (χ1) is 21.7. The summed E-state index contributed by atoms with van der Waals surface area (Å²) in [4.78, 5) is 45.7. The number of nitrogens with one attached hydrogen (secondary N) is 1. The highest BCUT2D eigenvalue weighted by Crippen LogP contribution is 2.54. The van der Waals surface area contributed by atoms with E-state index in [9.17, 15) is 24.5 Å². The summed E-state index contributed by atoms with van der Waals surface area (Å²) in [5.41, 5.74) is 11.0. The van der Waals surface area contributed by atoms with Crippen LogP contribution < -0.4 is 17.0 Å². The van der Waals surface area contributed by atoms with Gasteiger partial charge in [-0.15, -0.1) is 0 Å². The molecular formula is C21H27FN10O10P2S2. The lowest BCUT2D eigenvalue weighted by Crippen LogP contribution is -2.36. The highest BCUT2D eigenvalue weighted by atomic mass is 32.7. The van der Waals surface area contributed by atoms with Gasteiger partial charge in [0.15, 0.2) is 41.3 Å². The fourth-order valence-electron chi connectivity index (χ4n) is 5.15. The van der Waals surface area contributed by atoms with Crippen LogP contribution in [0.5, 0.6) is 0 Å². The maximum Gasteiger partial charge on any atom is 0.325 e. The Kier molecular flexibility index (Phi) is 8.97. The normalized spacial score (nSPS) is 31.0. The molecule has 0 aromatic carbocycles. The number of aromatic amines is 1. The van der Waals surface area contributed by atoms with Crippen LogP contribution in [-0.2, 0) is 39.4 Å². The minimum Gasteiger partial charge on any atom is -0.394 e. The lowest BCUT2D eigenvalue weighted by molar-refractivity contribution is -0.0543. The second-order valence-corrected chi connectivity index (χ2v) is 17.1. The second-order valence-electron chi connectivity index (χ2n) is 10.3. The molecule has 25 heteroatoms. The van der Waals surface area contributed by atoms with E-state index in [1.54, 1.807) is 0 Å². The summed E-state index contributed by atoms with van der Waals surface area (Å²) in [7, 11) is 0. The number of aromatic nitrogens is 8. The molecule has 20 nitrogen and oxygen atoms in total. The van der Waals surface area contributed by atoms with Gasteiger partial charge in [0.1, 0.15) is 42.4 Å². The maximum absolute atomic E-state index is 15.9. The van der Waals surface area contributed by atoms with Gasteiger partial charge in [-0.3, -0.25) is 28.0 Å². The lowest BCUT2D eigenvalue weighted by atomic mass is 10.1. The molecule has 0 aliphatic carbocycles. The molecule has 0 bridgehead atoms. The number of aliphatic hydroxyl groups excluding tert-OH is 2. The fourth-order valence-corrected chi connectivity index (χ4v) is 7.59. The van der Waals surface area contributed by atoms with Crippen molar-refractivity contribution in [3.63, 3.8) is 0 Å². The van der Waals surface area contributed by atoms with Crippen LogP contribution in [0, 0.1) is 0 Å². The number of hydrogen-bond acceptors (Lipinski definition) is 17. The Labute approximate surface area is 267 Å². The number of nitrogens with zero attached hydrogens (tertiary/aromatic N) is 7. The molecule has 4 aromatic heterocycles. The minimum absolute atomic E-state index is 0.0472. The smallest absolute Gasteiger partial charge is 0.325 e. The fraction of sp³-hybridized carbons (Fsp3) is 0.524. The number of H-pyrrole nitrogens is 1. The molecule has 46 heavy (non-hydrogen) atoms. The second kappa shape index (κ2) is 12.4. The van der Waals surface area contributed by atoms with E-state index in [0.29, 0.717) is 0 Å². The molecule has 0 amide bonds. The first-order valence-electron chi connectivity index (χ1n) is 13.2. The van der Waals surface area contributed by atoms with Crippen LogP contribution in [0.3, 0.4) is 0 Å². The number of imidazole rings is 2. The quantitative estimate of drug-likeness (QED) is 0.0791. The van der Waals surface area contributed by atoms with Crippen molar-refractivity contribution in [2.45, 2.75) is 49.1 Å². The Morgan fingerprint density at radius 1 is 1.09 bits per heavy atom. The van der Waals surface area contributed by atoms with Gasteiger partial charge in [0.25, 0.3) is 12.1 Å². The van der Waals surface area contributed by atoms with Crippen molar-refractivity contribution in [3.8, 4) is 0 Å². The van der Waals surface area contributed by atoms with Crippen molar-refractivity contribution in [1.82, 2.24) is 39.0 Å². The van der Waals surface area contributed by atoms with Crippen LogP contribution in [0.25, 0.3) is 22.3 Å². The maximum atomic E-state index is 15.9. The van der Waals surface area contributed by atoms with E-state index in [4.69, 9.17) is 46.3 Å². The molecule has 0 radical (unpaired) electrons. The van der Waals surface area contributed by atoms with E-state index >= 15 is 4.39 Å². The lowest BCUT2D eigenvalue weighted by Gasteiger charge is -2.27. The van der Waals surface area contributed by atoms with Crippen molar-refractivity contribution in [2.75, 3.05) is 31.3 Å². The third-order valence-electron chi connectivity index (χ3n) is 7.12. The monoisotopic (exact) mass is 724 g/mol. The van der Waals surface area contributed by atoms with Crippen molar-refractivity contribution in [3.05, 3.63) is 29.3 Å². The average molecular weight is 725 g/mol. The molecule has 6 rings (SSSR count). The molecule has 0 spiro atoms. The predicted molar refractivity (Wildman–Crippen MR) is 163 cm³/mol. The number of nitrogens with two attached hydrogens (primary N) is 2. The molecule has 4 unspecified atom stereocenters. The average Bonchev–Trinajstić information content (AvgIpc) is 3.73.